The van der Waals surface area contributed by atoms with Gasteiger partial charge in [-0.3, -0.25) is 9.59 Å². The Labute approximate surface area is 193 Å². The molecule has 0 saturated carbocycles. The van der Waals surface area contributed by atoms with E-state index in [0.717, 1.165) is 48.3 Å². The van der Waals surface area contributed by atoms with Gasteiger partial charge in [-0.15, -0.1) is 0 Å². The third-order valence-corrected chi connectivity index (χ3v) is 7.07. The van der Waals surface area contributed by atoms with Gasteiger partial charge in [0.2, 0.25) is 0 Å². The van der Waals surface area contributed by atoms with Gasteiger partial charge < -0.3 is 25.3 Å². The minimum Gasteiger partial charge on any atom is -0.379 e. The number of nitrogens with one attached hydrogen (secondary N) is 1. The first kappa shape index (κ1) is 22.1. The van der Waals surface area contributed by atoms with Crippen molar-refractivity contribution in [3.05, 3.63) is 46.0 Å². The number of benzene rings is 1. The number of aromatic nitrogens is 1. The van der Waals surface area contributed by atoms with Crippen LogP contribution in [0.1, 0.15) is 64.4 Å². The van der Waals surface area contributed by atoms with E-state index in [0.29, 0.717) is 37.6 Å². The number of hydrogen-bond acceptors (Lipinski definition) is 5. The van der Waals surface area contributed by atoms with Crippen molar-refractivity contribution < 1.29 is 18.7 Å². The summed E-state index contributed by atoms with van der Waals surface area (Å²) >= 11 is 0. The number of carbonyl (C=O) groups is 2. The number of carbonyl (C=O) groups excluding carboxylic acids is 2. The molecule has 1 aromatic carbocycles. The smallest absolute Gasteiger partial charge is 0.253 e. The zero-order valence-electron chi connectivity index (χ0n) is 19.5. The quantitative estimate of drug-likeness (QED) is 0.741. The number of amides is 1. The molecule has 3 N–H and O–H groups in total. The first-order chi connectivity index (χ1) is 15.6. The molecule has 1 aromatic heterocycles. The fraction of sp³-hybridized carbons (Fsp3) is 0.520. The van der Waals surface area contributed by atoms with Gasteiger partial charge in [-0.25, -0.2) is 4.39 Å². The average Bonchev–Trinajstić information content (AvgIpc) is 3.31. The molecule has 1 saturated heterocycles. The summed E-state index contributed by atoms with van der Waals surface area (Å²) in [6.45, 7) is 6.86. The second-order valence-corrected chi connectivity index (χ2v) is 10.4. The standard InChI is InChI=1S/C25H31FN4O3/c1-25(2)10-19-22(21(31)11-25)16-4-6-29(3)12-20(16)30(19)15-8-17(26)23(24(27)32)18(9-15)28-14-5-7-33-13-14/h8-9,14,28H,4-7,10-13H2,1-3H3,(H2,27,32)/t14-/m0/s1. The van der Waals surface area contributed by atoms with Crippen LogP contribution in [0.25, 0.3) is 5.69 Å². The Hall–Kier alpha value is -2.71. The normalized spacial score (nSPS) is 22.2. The number of likely N-dealkylation sites (N-methyl/N-ethyl adjacent to an activating group) is 1. The van der Waals surface area contributed by atoms with Gasteiger partial charge in [0.1, 0.15) is 5.82 Å². The molecule has 0 unspecified atom stereocenters. The highest BCUT2D eigenvalue weighted by Crippen LogP contribution is 2.42. The van der Waals surface area contributed by atoms with Gasteiger partial charge in [0.25, 0.3) is 5.91 Å². The van der Waals surface area contributed by atoms with Crippen molar-refractivity contribution in [3.8, 4) is 5.69 Å². The number of ether oxygens (including phenoxy) is 1. The first-order valence-electron chi connectivity index (χ1n) is 11.6. The highest BCUT2D eigenvalue weighted by Gasteiger charge is 2.39. The monoisotopic (exact) mass is 454 g/mol. The van der Waals surface area contributed by atoms with E-state index in [-0.39, 0.29) is 22.8 Å². The van der Waals surface area contributed by atoms with Crippen LogP contribution in [0.4, 0.5) is 10.1 Å². The molecule has 3 aliphatic rings. The van der Waals surface area contributed by atoms with Crippen LogP contribution in [0, 0.1) is 11.2 Å². The molecule has 8 heteroatoms. The fourth-order valence-corrected chi connectivity index (χ4v) is 5.60. The molecule has 176 valence electrons. The molecule has 0 spiro atoms. The Kier molecular flexibility index (Phi) is 5.33. The number of Topliss-reactive ketones (excluding diaryl/α,β-unsaturated/α-hetero) is 1. The Morgan fingerprint density at radius 1 is 1.27 bits per heavy atom. The molecule has 2 aliphatic heterocycles. The summed E-state index contributed by atoms with van der Waals surface area (Å²) in [5.41, 5.74) is 10.1. The van der Waals surface area contributed by atoms with Crippen LogP contribution in [0.2, 0.25) is 0 Å². The maximum absolute atomic E-state index is 15.3. The van der Waals surface area contributed by atoms with Crippen LogP contribution >= 0.6 is 0 Å². The van der Waals surface area contributed by atoms with Crippen LogP contribution in [0.15, 0.2) is 12.1 Å². The maximum atomic E-state index is 15.3. The summed E-state index contributed by atoms with van der Waals surface area (Å²) in [5, 5.41) is 3.27. The summed E-state index contributed by atoms with van der Waals surface area (Å²) in [5.74, 6) is -1.31. The number of nitrogens with two attached hydrogens (primary N) is 1. The number of anilines is 1. The summed E-state index contributed by atoms with van der Waals surface area (Å²) in [7, 11) is 2.05. The van der Waals surface area contributed by atoms with Crippen LogP contribution in [0.3, 0.4) is 0 Å². The Balaban J connectivity index is 1.72. The van der Waals surface area contributed by atoms with E-state index in [4.69, 9.17) is 10.5 Å². The lowest BCUT2D eigenvalue weighted by atomic mass is 9.75. The predicted octanol–water partition coefficient (Wildman–Crippen LogP) is 3.06. The molecule has 7 nitrogen and oxygen atoms in total. The minimum atomic E-state index is -0.812. The first-order valence-corrected chi connectivity index (χ1v) is 11.6. The summed E-state index contributed by atoms with van der Waals surface area (Å²) in [4.78, 5) is 27.5. The number of rotatable bonds is 4. The van der Waals surface area contributed by atoms with E-state index in [2.05, 4.69) is 35.7 Å². The molecule has 1 aliphatic carbocycles. The third kappa shape index (κ3) is 3.85. The van der Waals surface area contributed by atoms with Gasteiger partial charge in [0.05, 0.1) is 29.6 Å². The number of hydrogen-bond donors (Lipinski definition) is 2. The molecule has 33 heavy (non-hydrogen) atoms. The Morgan fingerprint density at radius 2 is 2.06 bits per heavy atom. The molecule has 0 bridgehead atoms. The lowest BCUT2D eigenvalue weighted by Gasteiger charge is -2.30. The van der Waals surface area contributed by atoms with E-state index in [1.54, 1.807) is 6.07 Å². The van der Waals surface area contributed by atoms with Crippen LogP contribution < -0.4 is 11.1 Å². The van der Waals surface area contributed by atoms with Crippen molar-refractivity contribution in [2.75, 3.05) is 32.1 Å². The number of fused-ring (bicyclic) bond motifs is 3. The third-order valence-electron chi connectivity index (χ3n) is 7.07. The van der Waals surface area contributed by atoms with Crippen LogP contribution in [0.5, 0.6) is 0 Å². The van der Waals surface area contributed by atoms with E-state index >= 15 is 4.39 Å². The van der Waals surface area contributed by atoms with Crippen LogP contribution in [-0.4, -0.2) is 54.0 Å². The SMILES string of the molecule is CN1CCc2c3c(n(-c4cc(F)c(C(N)=O)c(N[C@H]5CCOC5)c4)c2C1)CC(C)(C)CC3=O. The van der Waals surface area contributed by atoms with E-state index in [1.807, 2.05) is 0 Å². The average molecular weight is 455 g/mol. The van der Waals surface area contributed by atoms with Crippen molar-refractivity contribution >= 4 is 17.4 Å². The van der Waals surface area contributed by atoms with Gasteiger partial charge in [0.15, 0.2) is 5.78 Å². The summed E-state index contributed by atoms with van der Waals surface area (Å²) in [6, 6.07) is 3.15. The van der Waals surface area contributed by atoms with Crippen molar-refractivity contribution in [2.45, 2.75) is 52.1 Å². The largest absolute Gasteiger partial charge is 0.379 e. The minimum absolute atomic E-state index is 0.0168. The lowest BCUT2D eigenvalue weighted by Crippen LogP contribution is -2.29. The van der Waals surface area contributed by atoms with Gasteiger partial charge >= 0.3 is 0 Å². The zero-order chi connectivity index (χ0) is 23.5. The molecular formula is C25H31FN4O3. The lowest BCUT2D eigenvalue weighted by molar-refractivity contribution is 0.0909. The highest BCUT2D eigenvalue weighted by atomic mass is 19.1. The van der Waals surface area contributed by atoms with Crippen molar-refractivity contribution in [1.29, 1.82) is 0 Å². The fourth-order valence-electron chi connectivity index (χ4n) is 5.60. The van der Waals surface area contributed by atoms with E-state index < -0.39 is 11.7 Å². The van der Waals surface area contributed by atoms with E-state index in [9.17, 15) is 9.59 Å². The molecule has 0 radical (unpaired) electrons. The summed E-state index contributed by atoms with van der Waals surface area (Å²) < 4.78 is 22.8. The molecule has 1 atom stereocenters. The van der Waals surface area contributed by atoms with E-state index in [1.165, 1.54) is 6.07 Å². The Bertz CT molecular complexity index is 1150. The highest BCUT2D eigenvalue weighted by molar-refractivity contribution is 6.01. The summed E-state index contributed by atoms with van der Waals surface area (Å²) in [6.07, 6.45) is 2.80. The molecule has 3 heterocycles. The molecule has 1 fully saturated rings. The predicted molar refractivity (Wildman–Crippen MR) is 124 cm³/mol. The molecule has 1 amide bonds. The molecular weight excluding hydrogens is 423 g/mol. The topological polar surface area (TPSA) is 89.6 Å². The number of halogens is 1. The van der Waals surface area contributed by atoms with Gasteiger partial charge in [-0.2, -0.15) is 0 Å². The number of nitrogens with zero attached hydrogens (tertiary/aromatic N) is 2. The van der Waals surface area contributed by atoms with Crippen molar-refractivity contribution in [2.24, 2.45) is 11.1 Å². The van der Waals surface area contributed by atoms with Gasteiger partial charge in [0, 0.05) is 43.1 Å². The zero-order valence-corrected chi connectivity index (χ0v) is 19.5. The second kappa shape index (κ2) is 7.95. The molecule has 2 aromatic rings. The maximum Gasteiger partial charge on any atom is 0.253 e. The second-order valence-electron chi connectivity index (χ2n) is 10.4. The van der Waals surface area contributed by atoms with Crippen molar-refractivity contribution in [3.63, 3.8) is 0 Å². The van der Waals surface area contributed by atoms with Crippen LogP contribution in [-0.2, 0) is 24.1 Å². The van der Waals surface area contributed by atoms with Gasteiger partial charge in [-0.05, 0) is 49.4 Å². The van der Waals surface area contributed by atoms with Crippen molar-refractivity contribution in [1.82, 2.24) is 9.47 Å². The number of ketones is 1. The molecule has 5 rings (SSSR count). The van der Waals surface area contributed by atoms with Gasteiger partial charge in [-0.1, -0.05) is 13.8 Å². The Morgan fingerprint density at radius 3 is 2.76 bits per heavy atom. The number of primary amides is 1.